The first-order chi connectivity index (χ1) is 6.79. The maximum absolute atomic E-state index is 11.4. The van der Waals surface area contributed by atoms with Crippen LogP contribution in [0.1, 0.15) is 14.6 Å². The van der Waals surface area contributed by atoms with Crippen molar-refractivity contribution in [3.05, 3.63) is 20.8 Å². The monoisotopic (exact) mass is 296 g/mol. The first-order valence-corrected chi connectivity index (χ1v) is 4.39. The van der Waals surface area contributed by atoms with Crippen molar-refractivity contribution in [3.63, 3.8) is 0 Å². The number of carbonyl (C=O) groups is 1. The molecule has 0 aromatic carbocycles. The van der Waals surface area contributed by atoms with E-state index in [1.165, 1.54) is 6.07 Å². The van der Waals surface area contributed by atoms with E-state index in [-0.39, 0.29) is 5.69 Å². The molecule has 1 aromatic heterocycles. The SMILES string of the molecule is [2H]C([2H])([2H])NC(=O)c1nnc(Br)cc1Br. The molecule has 1 rings (SSSR count). The summed E-state index contributed by atoms with van der Waals surface area (Å²) in [6.45, 7) is -2.54. The molecule has 4 nitrogen and oxygen atoms in total. The molecule has 0 aliphatic carbocycles. The lowest BCUT2D eigenvalue weighted by molar-refractivity contribution is 0.0956. The number of carbonyl (C=O) groups excluding carboxylic acids is 1. The van der Waals surface area contributed by atoms with Crippen LogP contribution >= 0.6 is 31.9 Å². The van der Waals surface area contributed by atoms with Crippen LogP contribution in [0.4, 0.5) is 0 Å². The Morgan fingerprint density at radius 1 is 1.67 bits per heavy atom. The first kappa shape index (κ1) is 6.04. The van der Waals surface area contributed by atoms with Crippen molar-refractivity contribution in [1.29, 1.82) is 0 Å². The van der Waals surface area contributed by atoms with Crippen molar-refractivity contribution in [1.82, 2.24) is 15.5 Å². The molecule has 0 fully saturated rings. The minimum absolute atomic E-state index is 0.0747. The highest BCUT2D eigenvalue weighted by atomic mass is 79.9. The molecule has 0 bridgehead atoms. The minimum Gasteiger partial charge on any atom is -0.354 e. The molecule has 0 saturated heterocycles. The van der Waals surface area contributed by atoms with E-state index in [0.717, 1.165) is 0 Å². The molecule has 0 unspecified atom stereocenters. The van der Waals surface area contributed by atoms with Gasteiger partial charge in [-0.3, -0.25) is 4.79 Å². The fourth-order valence-corrected chi connectivity index (χ4v) is 1.65. The summed E-state index contributed by atoms with van der Waals surface area (Å²) in [6, 6.07) is 1.50. The van der Waals surface area contributed by atoms with Crippen LogP contribution in [0.2, 0.25) is 0 Å². The third kappa shape index (κ3) is 2.01. The molecule has 0 aliphatic rings. The van der Waals surface area contributed by atoms with Crippen molar-refractivity contribution in [3.8, 4) is 0 Å². The number of nitrogens with zero attached hydrogens (tertiary/aromatic N) is 2. The maximum atomic E-state index is 11.4. The summed E-state index contributed by atoms with van der Waals surface area (Å²) in [5.74, 6) is -0.804. The second-order valence-electron chi connectivity index (χ2n) is 1.82. The number of nitrogens with one attached hydrogen (secondary N) is 1. The van der Waals surface area contributed by atoms with Gasteiger partial charge >= 0.3 is 0 Å². The molecule has 12 heavy (non-hydrogen) atoms. The van der Waals surface area contributed by atoms with E-state index in [4.69, 9.17) is 4.11 Å². The first-order valence-electron chi connectivity index (χ1n) is 4.31. The third-order valence-corrected chi connectivity index (χ3v) is 2.04. The summed E-state index contributed by atoms with van der Waals surface area (Å²) in [5.41, 5.74) is -0.0747. The van der Waals surface area contributed by atoms with Gasteiger partial charge in [-0.2, -0.15) is 0 Å². The van der Waals surface area contributed by atoms with E-state index in [9.17, 15) is 4.79 Å². The number of rotatable bonds is 1. The van der Waals surface area contributed by atoms with E-state index < -0.39 is 12.9 Å². The second-order valence-corrected chi connectivity index (χ2v) is 3.48. The molecule has 0 spiro atoms. The predicted molar refractivity (Wildman–Crippen MR) is 50.8 cm³/mol. The van der Waals surface area contributed by atoms with Crippen LogP contribution in [0.3, 0.4) is 0 Å². The van der Waals surface area contributed by atoms with Crippen molar-refractivity contribution in [2.75, 3.05) is 6.98 Å². The molecule has 64 valence electrons. The third-order valence-electron chi connectivity index (χ3n) is 1.05. The van der Waals surface area contributed by atoms with Crippen LogP contribution < -0.4 is 5.32 Å². The lowest BCUT2D eigenvalue weighted by Crippen LogP contribution is -2.20. The molecule has 1 aromatic rings. The van der Waals surface area contributed by atoms with Crippen LogP contribution in [0.5, 0.6) is 0 Å². The number of aromatic nitrogens is 2. The van der Waals surface area contributed by atoms with Gasteiger partial charge in [-0.1, -0.05) is 0 Å². The van der Waals surface area contributed by atoms with Gasteiger partial charge in [0.25, 0.3) is 5.91 Å². The van der Waals surface area contributed by atoms with Gasteiger partial charge in [0, 0.05) is 11.1 Å². The van der Waals surface area contributed by atoms with Crippen LogP contribution in [-0.2, 0) is 0 Å². The maximum Gasteiger partial charge on any atom is 0.272 e. The second kappa shape index (κ2) is 3.95. The van der Waals surface area contributed by atoms with Crippen molar-refractivity contribution in [2.24, 2.45) is 0 Å². The zero-order valence-electron chi connectivity index (χ0n) is 8.64. The molecule has 0 atom stereocenters. The molecule has 0 saturated carbocycles. The smallest absolute Gasteiger partial charge is 0.272 e. The quantitative estimate of drug-likeness (QED) is 0.851. The fourth-order valence-electron chi connectivity index (χ4n) is 0.560. The number of hydrogen-bond acceptors (Lipinski definition) is 3. The summed E-state index contributed by atoms with van der Waals surface area (Å²) in [4.78, 5) is 11.4. The van der Waals surface area contributed by atoms with Crippen LogP contribution in [0.15, 0.2) is 15.1 Å². The average Bonchev–Trinajstić information content (AvgIpc) is 1.99. The summed E-state index contributed by atoms with van der Waals surface area (Å²) in [5, 5.41) is 8.95. The Morgan fingerprint density at radius 2 is 2.42 bits per heavy atom. The number of halogens is 2. The molecule has 0 radical (unpaired) electrons. The Hall–Kier alpha value is -0.490. The van der Waals surface area contributed by atoms with E-state index in [2.05, 4.69) is 42.1 Å². The van der Waals surface area contributed by atoms with Gasteiger partial charge in [0.15, 0.2) is 5.69 Å². The summed E-state index contributed by atoms with van der Waals surface area (Å²) in [7, 11) is 0. The van der Waals surface area contributed by atoms with Gasteiger partial charge in [-0.25, -0.2) is 0 Å². The fraction of sp³-hybridized carbons (Fsp3) is 0.167. The van der Waals surface area contributed by atoms with Crippen LogP contribution in [0, 0.1) is 0 Å². The van der Waals surface area contributed by atoms with Crippen molar-refractivity contribution >= 4 is 37.8 Å². The molecule has 1 N–H and O–H groups in total. The molecule has 6 heteroatoms. The summed E-state index contributed by atoms with van der Waals surface area (Å²) < 4.78 is 21.4. The van der Waals surface area contributed by atoms with Crippen molar-refractivity contribution < 1.29 is 8.91 Å². The van der Waals surface area contributed by atoms with E-state index in [1.807, 2.05) is 5.32 Å². The lowest BCUT2D eigenvalue weighted by atomic mass is 10.4. The van der Waals surface area contributed by atoms with Crippen LogP contribution in [-0.4, -0.2) is 23.1 Å². The Kier molecular flexibility index (Phi) is 1.99. The van der Waals surface area contributed by atoms with Gasteiger partial charge in [0.2, 0.25) is 0 Å². The zero-order chi connectivity index (χ0) is 11.6. The summed E-state index contributed by atoms with van der Waals surface area (Å²) >= 11 is 6.14. The van der Waals surface area contributed by atoms with Gasteiger partial charge in [0.1, 0.15) is 4.60 Å². The highest BCUT2D eigenvalue weighted by molar-refractivity contribution is 9.11. The highest BCUT2D eigenvalue weighted by Gasteiger charge is 2.10. The minimum atomic E-state index is -2.54. The lowest BCUT2D eigenvalue weighted by Gasteiger charge is -1.99. The topological polar surface area (TPSA) is 54.9 Å². The molecular weight excluding hydrogens is 290 g/mol. The Morgan fingerprint density at radius 3 is 3.00 bits per heavy atom. The van der Waals surface area contributed by atoms with E-state index in [0.29, 0.717) is 9.08 Å². The normalized spacial score (nSPS) is 14.3. The number of hydrogen-bond donors (Lipinski definition) is 1. The van der Waals surface area contributed by atoms with Gasteiger partial charge in [0.05, 0.1) is 4.47 Å². The predicted octanol–water partition coefficient (Wildman–Crippen LogP) is 1.36. The van der Waals surface area contributed by atoms with Gasteiger partial charge < -0.3 is 5.32 Å². The Balaban J connectivity index is 2.92. The standard InChI is InChI=1S/C6H5Br2N3O/c1-9-6(12)5-3(7)2-4(8)10-11-5/h2H,1H3,(H,9,12)/i1D3. The molecule has 1 heterocycles. The Labute approximate surface area is 90.2 Å². The van der Waals surface area contributed by atoms with Gasteiger partial charge in [-0.05, 0) is 37.9 Å². The Bertz CT molecular complexity index is 396. The molecule has 1 amide bonds. The molecule has 0 aliphatic heterocycles. The number of amides is 1. The highest BCUT2D eigenvalue weighted by Crippen LogP contribution is 2.16. The molecular formula is C6H5Br2N3O. The van der Waals surface area contributed by atoms with E-state index >= 15 is 0 Å². The zero-order valence-corrected chi connectivity index (χ0v) is 8.81. The van der Waals surface area contributed by atoms with Gasteiger partial charge in [-0.15, -0.1) is 10.2 Å². The van der Waals surface area contributed by atoms with Crippen LogP contribution in [0.25, 0.3) is 0 Å². The largest absolute Gasteiger partial charge is 0.354 e. The summed E-state index contributed by atoms with van der Waals surface area (Å²) in [6.07, 6.45) is 0. The van der Waals surface area contributed by atoms with E-state index in [1.54, 1.807) is 0 Å². The van der Waals surface area contributed by atoms with Crippen molar-refractivity contribution in [2.45, 2.75) is 0 Å². The average molecular weight is 298 g/mol.